The van der Waals surface area contributed by atoms with E-state index in [0.29, 0.717) is 5.92 Å². The molecule has 0 aromatic carbocycles. The maximum atomic E-state index is 5.37. The molecule has 0 aromatic rings. The van der Waals surface area contributed by atoms with Gasteiger partial charge < -0.3 is 10.1 Å². The Bertz CT molecular complexity index is 134. The Balaban J connectivity index is 1.78. The smallest absolute Gasteiger partial charge is 0.0506 e. The lowest BCUT2D eigenvalue weighted by Crippen LogP contribution is -2.42. The van der Waals surface area contributed by atoms with Gasteiger partial charge in [0.15, 0.2) is 0 Å². The van der Waals surface area contributed by atoms with E-state index >= 15 is 0 Å². The highest BCUT2D eigenvalue weighted by Crippen LogP contribution is 2.23. The van der Waals surface area contributed by atoms with Gasteiger partial charge in [0, 0.05) is 18.7 Å². The summed E-state index contributed by atoms with van der Waals surface area (Å²) in [6.07, 6.45) is 3.99. The Hall–Kier alpha value is -0.0800. The minimum atomic E-state index is 0.712. The summed E-state index contributed by atoms with van der Waals surface area (Å²) in [4.78, 5) is 0. The van der Waals surface area contributed by atoms with Crippen LogP contribution in [0.1, 0.15) is 26.2 Å². The van der Waals surface area contributed by atoms with Gasteiger partial charge in [-0.2, -0.15) is 0 Å². The normalized spacial score (nSPS) is 39.0. The van der Waals surface area contributed by atoms with E-state index in [1.807, 2.05) is 0 Å². The Morgan fingerprint density at radius 2 is 2.09 bits per heavy atom. The second kappa shape index (κ2) is 3.11. The van der Waals surface area contributed by atoms with Gasteiger partial charge in [-0.3, -0.25) is 0 Å². The average molecular weight is 155 g/mol. The molecule has 1 saturated heterocycles. The zero-order chi connectivity index (χ0) is 7.68. The van der Waals surface area contributed by atoms with Crippen molar-refractivity contribution in [3.8, 4) is 0 Å². The third kappa shape index (κ3) is 1.94. The molecule has 2 nitrogen and oxygen atoms in total. The average Bonchev–Trinajstić information content (AvgIpc) is 2.78. The van der Waals surface area contributed by atoms with Crippen molar-refractivity contribution in [3.05, 3.63) is 0 Å². The minimum Gasteiger partial charge on any atom is -0.381 e. The molecule has 1 N–H and O–H groups in total. The molecule has 11 heavy (non-hydrogen) atoms. The molecule has 2 fully saturated rings. The van der Waals surface area contributed by atoms with Gasteiger partial charge in [0.1, 0.15) is 0 Å². The Morgan fingerprint density at radius 1 is 1.27 bits per heavy atom. The summed E-state index contributed by atoms with van der Waals surface area (Å²) in [6, 6.07) is 1.58. The molecule has 2 aliphatic rings. The Labute approximate surface area is 68.3 Å². The number of rotatable bonds is 2. The van der Waals surface area contributed by atoms with Crippen LogP contribution < -0.4 is 5.32 Å². The molecule has 1 saturated carbocycles. The van der Waals surface area contributed by atoms with Gasteiger partial charge in [0.05, 0.1) is 6.61 Å². The first-order valence-electron chi connectivity index (χ1n) is 4.70. The van der Waals surface area contributed by atoms with Crippen molar-refractivity contribution in [2.45, 2.75) is 38.3 Å². The molecule has 1 aliphatic carbocycles. The number of nitrogens with one attached hydrogen (secondary N) is 1. The number of ether oxygens (including phenoxy) is 1. The highest BCUT2D eigenvalue weighted by atomic mass is 16.5. The Kier molecular flexibility index (Phi) is 2.14. The zero-order valence-corrected chi connectivity index (χ0v) is 7.18. The van der Waals surface area contributed by atoms with Gasteiger partial charge in [-0.15, -0.1) is 0 Å². The maximum Gasteiger partial charge on any atom is 0.0506 e. The van der Waals surface area contributed by atoms with Gasteiger partial charge in [0.25, 0.3) is 0 Å². The van der Waals surface area contributed by atoms with Crippen LogP contribution in [0.25, 0.3) is 0 Å². The SMILES string of the molecule is C[C@@H]1COCC[C@H]1NC1CC1. The molecule has 2 atom stereocenters. The van der Waals surface area contributed by atoms with E-state index in [2.05, 4.69) is 12.2 Å². The predicted octanol–water partition coefficient (Wildman–Crippen LogP) is 1.16. The molecule has 0 amide bonds. The van der Waals surface area contributed by atoms with Crippen LogP contribution in [0.3, 0.4) is 0 Å². The van der Waals surface area contributed by atoms with Gasteiger partial charge >= 0.3 is 0 Å². The monoisotopic (exact) mass is 155 g/mol. The van der Waals surface area contributed by atoms with Crippen molar-refractivity contribution in [1.29, 1.82) is 0 Å². The lowest BCUT2D eigenvalue weighted by molar-refractivity contribution is 0.0386. The van der Waals surface area contributed by atoms with E-state index < -0.39 is 0 Å². The summed E-state index contributed by atoms with van der Waals surface area (Å²) in [5.41, 5.74) is 0. The van der Waals surface area contributed by atoms with E-state index in [1.165, 1.54) is 19.3 Å². The fourth-order valence-electron chi connectivity index (χ4n) is 1.68. The maximum absolute atomic E-state index is 5.37. The van der Waals surface area contributed by atoms with Crippen molar-refractivity contribution in [2.75, 3.05) is 13.2 Å². The van der Waals surface area contributed by atoms with Crippen molar-refractivity contribution in [2.24, 2.45) is 5.92 Å². The molecular weight excluding hydrogens is 138 g/mol. The summed E-state index contributed by atoms with van der Waals surface area (Å²) in [5, 5.41) is 3.66. The Morgan fingerprint density at radius 3 is 2.73 bits per heavy atom. The molecule has 0 bridgehead atoms. The van der Waals surface area contributed by atoms with E-state index in [4.69, 9.17) is 4.74 Å². The highest BCUT2D eigenvalue weighted by Gasteiger charge is 2.28. The zero-order valence-electron chi connectivity index (χ0n) is 7.18. The fraction of sp³-hybridized carbons (Fsp3) is 1.00. The first kappa shape index (κ1) is 7.56. The van der Waals surface area contributed by atoms with Gasteiger partial charge in [-0.25, -0.2) is 0 Å². The molecule has 2 rings (SSSR count). The van der Waals surface area contributed by atoms with Gasteiger partial charge in [0.2, 0.25) is 0 Å². The van der Waals surface area contributed by atoms with E-state index in [9.17, 15) is 0 Å². The summed E-state index contributed by atoms with van der Waals surface area (Å²) in [7, 11) is 0. The molecule has 1 aliphatic heterocycles. The number of hydrogen-bond donors (Lipinski definition) is 1. The van der Waals surface area contributed by atoms with Crippen molar-refractivity contribution < 1.29 is 4.74 Å². The van der Waals surface area contributed by atoms with Gasteiger partial charge in [-0.1, -0.05) is 6.92 Å². The van der Waals surface area contributed by atoms with Crippen LogP contribution in [0.4, 0.5) is 0 Å². The molecule has 0 spiro atoms. The lowest BCUT2D eigenvalue weighted by Gasteiger charge is -2.29. The standard InChI is InChI=1S/C9H17NO/c1-7-6-11-5-4-9(7)10-8-2-3-8/h7-10H,2-6H2,1H3/t7-,9-/m1/s1. The first-order valence-corrected chi connectivity index (χ1v) is 4.70. The second-order valence-corrected chi connectivity index (χ2v) is 3.89. The van der Waals surface area contributed by atoms with E-state index in [1.54, 1.807) is 0 Å². The van der Waals surface area contributed by atoms with Crippen molar-refractivity contribution >= 4 is 0 Å². The van der Waals surface area contributed by atoms with Crippen LogP contribution >= 0.6 is 0 Å². The summed E-state index contributed by atoms with van der Waals surface area (Å²) in [5.74, 6) is 0.712. The minimum absolute atomic E-state index is 0.712. The van der Waals surface area contributed by atoms with Crippen LogP contribution in [0.15, 0.2) is 0 Å². The summed E-state index contributed by atoms with van der Waals surface area (Å²) < 4.78 is 5.37. The molecule has 2 heteroatoms. The van der Waals surface area contributed by atoms with Crippen molar-refractivity contribution in [3.63, 3.8) is 0 Å². The lowest BCUT2D eigenvalue weighted by atomic mass is 9.98. The predicted molar refractivity (Wildman–Crippen MR) is 44.5 cm³/mol. The summed E-state index contributed by atoms with van der Waals surface area (Å²) >= 11 is 0. The van der Waals surface area contributed by atoms with Gasteiger partial charge in [-0.05, 0) is 25.2 Å². The van der Waals surface area contributed by atoms with Crippen LogP contribution in [-0.4, -0.2) is 25.3 Å². The molecule has 0 aromatic heterocycles. The second-order valence-electron chi connectivity index (χ2n) is 3.89. The van der Waals surface area contributed by atoms with Crippen LogP contribution in [-0.2, 0) is 4.74 Å². The molecule has 1 heterocycles. The summed E-state index contributed by atoms with van der Waals surface area (Å²) in [6.45, 7) is 4.18. The quantitative estimate of drug-likeness (QED) is 0.646. The van der Waals surface area contributed by atoms with E-state index in [-0.39, 0.29) is 0 Å². The topological polar surface area (TPSA) is 21.3 Å². The van der Waals surface area contributed by atoms with Crippen molar-refractivity contribution in [1.82, 2.24) is 5.32 Å². The molecular formula is C9H17NO. The van der Waals surface area contributed by atoms with Crippen LogP contribution in [0, 0.1) is 5.92 Å². The molecule has 64 valence electrons. The van der Waals surface area contributed by atoms with Crippen LogP contribution in [0.2, 0.25) is 0 Å². The van der Waals surface area contributed by atoms with E-state index in [0.717, 1.165) is 25.3 Å². The third-order valence-electron chi connectivity index (χ3n) is 2.67. The third-order valence-corrected chi connectivity index (χ3v) is 2.67. The molecule has 0 unspecified atom stereocenters. The first-order chi connectivity index (χ1) is 5.36. The molecule has 0 radical (unpaired) electrons. The number of hydrogen-bond acceptors (Lipinski definition) is 2. The fourth-order valence-corrected chi connectivity index (χ4v) is 1.68. The van der Waals surface area contributed by atoms with Crippen LogP contribution in [0.5, 0.6) is 0 Å². The highest BCUT2D eigenvalue weighted by molar-refractivity contribution is 4.87. The largest absolute Gasteiger partial charge is 0.381 e.